The van der Waals surface area contributed by atoms with E-state index in [-0.39, 0.29) is 5.56 Å². The fraction of sp³-hybridized carbons (Fsp3) is 0.0833. The van der Waals surface area contributed by atoms with Gasteiger partial charge in [-0.3, -0.25) is 0 Å². The topological polar surface area (TPSA) is 55.1 Å². The SMILES string of the molecule is Cn1c(=S)sc2c(C(=O)O)c3ccccc3nc21. The van der Waals surface area contributed by atoms with Crippen molar-refractivity contribution in [3.63, 3.8) is 0 Å². The number of hydrogen-bond donors (Lipinski definition) is 1. The number of nitrogens with zero attached hydrogens (tertiary/aromatic N) is 2. The zero-order chi connectivity index (χ0) is 12.9. The van der Waals surface area contributed by atoms with Crippen LogP contribution in [-0.4, -0.2) is 20.6 Å². The van der Waals surface area contributed by atoms with Crippen LogP contribution in [0.5, 0.6) is 0 Å². The van der Waals surface area contributed by atoms with Gasteiger partial charge in [-0.1, -0.05) is 18.2 Å². The van der Waals surface area contributed by atoms with Gasteiger partial charge in [-0.15, -0.1) is 11.3 Å². The van der Waals surface area contributed by atoms with Crippen molar-refractivity contribution in [1.29, 1.82) is 0 Å². The number of carboxylic acids is 1. The molecule has 18 heavy (non-hydrogen) atoms. The Balaban J connectivity index is 2.67. The fourth-order valence-electron chi connectivity index (χ4n) is 1.96. The molecule has 0 aliphatic carbocycles. The Morgan fingerprint density at radius 1 is 1.44 bits per heavy atom. The average Bonchev–Trinajstić information content (AvgIpc) is 2.62. The quantitative estimate of drug-likeness (QED) is 0.693. The minimum absolute atomic E-state index is 0.285. The molecule has 0 amide bonds. The zero-order valence-electron chi connectivity index (χ0n) is 9.38. The van der Waals surface area contributed by atoms with Gasteiger partial charge >= 0.3 is 5.97 Å². The Kier molecular flexibility index (Phi) is 2.42. The van der Waals surface area contributed by atoms with E-state index < -0.39 is 5.97 Å². The second-order valence-electron chi connectivity index (χ2n) is 3.89. The molecule has 0 bridgehead atoms. The number of aromatic nitrogens is 2. The van der Waals surface area contributed by atoms with E-state index in [1.165, 1.54) is 11.3 Å². The lowest BCUT2D eigenvalue weighted by molar-refractivity contribution is 0.0701. The van der Waals surface area contributed by atoms with E-state index in [0.29, 0.717) is 25.2 Å². The molecule has 2 aromatic heterocycles. The number of thiazole rings is 1. The number of benzene rings is 1. The van der Waals surface area contributed by atoms with Crippen LogP contribution >= 0.6 is 23.6 Å². The van der Waals surface area contributed by atoms with Crippen molar-refractivity contribution in [2.24, 2.45) is 7.05 Å². The van der Waals surface area contributed by atoms with Gasteiger partial charge in [-0.2, -0.15) is 0 Å². The number of pyridine rings is 1. The summed E-state index contributed by atoms with van der Waals surface area (Å²) in [6.45, 7) is 0. The number of hydrogen-bond acceptors (Lipinski definition) is 4. The van der Waals surface area contributed by atoms with Crippen LogP contribution in [0.3, 0.4) is 0 Å². The van der Waals surface area contributed by atoms with E-state index in [9.17, 15) is 9.90 Å². The first-order valence-corrected chi connectivity index (χ1v) is 6.43. The van der Waals surface area contributed by atoms with Gasteiger partial charge < -0.3 is 9.67 Å². The highest BCUT2D eigenvalue weighted by Gasteiger charge is 2.18. The van der Waals surface area contributed by atoms with Gasteiger partial charge in [0.15, 0.2) is 9.60 Å². The minimum Gasteiger partial charge on any atom is -0.478 e. The molecule has 0 aliphatic rings. The normalized spacial score (nSPS) is 11.2. The Labute approximate surface area is 111 Å². The molecule has 0 unspecified atom stereocenters. The van der Waals surface area contributed by atoms with Crippen molar-refractivity contribution < 1.29 is 9.90 Å². The van der Waals surface area contributed by atoms with Crippen molar-refractivity contribution in [3.05, 3.63) is 33.8 Å². The molecule has 0 saturated carbocycles. The van der Waals surface area contributed by atoms with Gasteiger partial charge in [-0.05, 0) is 18.3 Å². The number of rotatable bonds is 1. The first kappa shape index (κ1) is 11.3. The number of para-hydroxylation sites is 1. The van der Waals surface area contributed by atoms with Crippen LogP contribution in [0.4, 0.5) is 0 Å². The second kappa shape index (κ2) is 3.86. The van der Waals surface area contributed by atoms with E-state index in [0.717, 1.165) is 0 Å². The summed E-state index contributed by atoms with van der Waals surface area (Å²) in [5.74, 6) is -0.949. The van der Waals surface area contributed by atoms with Crippen LogP contribution in [-0.2, 0) is 7.05 Å². The standard InChI is InChI=1S/C12H8N2O2S2/c1-14-10-9(18-12(14)17)8(11(15)16)6-4-2-3-5-7(6)13-10/h2-5H,1H3,(H,15,16). The highest BCUT2D eigenvalue weighted by molar-refractivity contribution is 7.73. The summed E-state index contributed by atoms with van der Waals surface area (Å²) in [6, 6.07) is 7.23. The zero-order valence-corrected chi connectivity index (χ0v) is 11.0. The van der Waals surface area contributed by atoms with E-state index >= 15 is 0 Å². The Morgan fingerprint density at radius 2 is 2.17 bits per heavy atom. The smallest absolute Gasteiger partial charge is 0.337 e. The maximum atomic E-state index is 11.5. The monoisotopic (exact) mass is 276 g/mol. The van der Waals surface area contributed by atoms with Crippen molar-refractivity contribution in [3.8, 4) is 0 Å². The van der Waals surface area contributed by atoms with E-state index in [1.54, 1.807) is 17.7 Å². The molecule has 1 N–H and O–H groups in total. The van der Waals surface area contributed by atoms with E-state index in [1.807, 2.05) is 18.2 Å². The Hall–Kier alpha value is -1.79. The van der Waals surface area contributed by atoms with Crippen LogP contribution in [0.1, 0.15) is 10.4 Å². The van der Waals surface area contributed by atoms with Gasteiger partial charge in [0.05, 0.1) is 15.8 Å². The second-order valence-corrected chi connectivity index (χ2v) is 5.53. The van der Waals surface area contributed by atoms with Crippen LogP contribution in [0.25, 0.3) is 21.3 Å². The summed E-state index contributed by atoms with van der Waals surface area (Å²) in [5.41, 5.74) is 1.58. The van der Waals surface area contributed by atoms with Gasteiger partial charge in [0, 0.05) is 12.4 Å². The van der Waals surface area contributed by atoms with Gasteiger partial charge in [0.2, 0.25) is 0 Å². The Bertz CT molecular complexity index is 848. The molecule has 6 heteroatoms. The van der Waals surface area contributed by atoms with Crippen LogP contribution in [0, 0.1) is 3.95 Å². The molecule has 0 radical (unpaired) electrons. The number of carbonyl (C=O) groups is 1. The fourth-order valence-corrected chi connectivity index (χ4v) is 3.27. The maximum absolute atomic E-state index is 11.5. The van der Waals surface area contributed by atoms with Crippen LogP contribution in [0.2, 0.25) is 0 Å². The highest BCUT2D eigenvalue weighted by Crippen LogP contribution is 2.30. The molecule has 0 saturated heterocycles. The molecule has 3 aromatic rings. The molecule has 2 heterocycles. The summed E-state index contributed by atoms with van der Waals surface area (Å²) in [5, 5.41) is 10.1. The third kappa shape index (κ3) is 1.46. The maximum Gasteiger partial charge on any atom is 0.337 e. The average molecular weight is 276 g/mol. The molecule has 0 aliphatic heterocycles. The summed E-state index contributed by atoms with van der Waals surface area (Å²) < 4.78 is 3.00. The third-order valence-corrected chi connectivity index (χ3v) is 4.39. The van der Waals surface area contributed by atoms with Gasteiger partial charge in [-0.25, -0.2) is 9.78 Å². The minimum atomic E-state index is -0.949. The molecule has 3 rings (SSSR count). The van der Waals surface area contributed by atoms with Crippen molar-refractivity contribution >= 4 is 50.8 Å². The summed E-state index contributed by atoms with van der Waals surface area (Å²) >= 11 is 6.47. The van der Waals surface area contributed by atoms with Crippen molar-refractivity contribution in [1.82, 2.24) is 9.55 Å². The summed E-state index contributed by atoms with van der Waals surface area (Å²) in [6.07, 6.45) is 0. The molecule has 0 atom stereocenters. The van der Waals surface area contributed by atoms with Gasteiger partial charge in [0.25, 0.3) is 0 Å². The Morgan fingerprint density at radius 3 is 2.89 bits per heavy atom. The number of fused-ring (bicyclic) bond motifs is 2. The summed E-state index contributed by atoms with van der Waals surface area (Å²) in [7, 11) is 1.80. The van der Waals surface area contributed by atoms with E-state index in [4.69, 9.17) is 12.2 Å². The third-order valence-electron chi connectivity index (χ3n) is 2.82. The van der Waals surface area contributed by atoms with Crippen LogP contribution < -0.4 is 0 Å². The molecule has 0 spiro atoms. The molecular weight excluding hydrogens is 268 g/mol. The first-order chi connectivity index (χ1) is 8.59. The predicted molar refractivity (Wildman–Crippen MR) is 73.9 cm³/mol. The van der Waals surface area contributed by atoms with Crippen molar-refractivity contribution in [2.75, 3.05) is 0 Å². The number of aryl methyl sites for hydroxylation is 1. The molecular formula is C12H8N2O2S2. The highest BCUT2D eigenvalue weighted by atomic mass is 32.1. The predicted octanol–water partition coefficient (Wildman–Crippen LogP) is 3.22. The lowest BCUT2D eigenvalue weighted by atomic mass is 10.1. The largest absolute Gasteiger partial charge is 0.478 e. The van der Waals surface area contributed by atoms with Gasteiger partial charge in [0.1, 0.15) is 0 Å². The summed E-state index contributed by atoms with van der Waals surface area (Å²) in [4.78, 5) is 16.0. The van der Waals surface area contributed by atoms with E-state index in [2.05, 4.69) is 4.98 Å². The lowest BCUT2D eigenvalue weighted by Crippen LogP contribution is -2.00. The lowest BCUT2D eigenvalue weighted by Gasteiger charge is -2.04. The molecule has 90 valence electrons. The number of carboxylic acid groups (broad SMARTS) is 1. The van der Waals surface area contributed by atoms with Crippen LogP contribution in [0.15, 0.2) is 24.3 Å². The molecule has 1 aromatic carbocycles. The number of aromatic carboxylic acids is 1. The van der Waals surface area contributed by atoms with Crippen molar-refractivity contribution in [2.45, 2.75) is 0 Å². The molecule has 4 nitrogen and oxygen atoms in total. The first-order valence-electron chi connectivity index (χ1n) is 5.21. The molecule has 0 fully saturated rings.